The summed E-state index contributed by atoms with van der Waals surface area (Å²) < 4.78 is 0. The number of anilines is 2. The van der Waals surface area contributed by atoms with E-state index >= 15 is 0 Å². The fourth-order valence-corrected chi connectivity index (χ4v) is 5.74. The van der Waals surface area contributed by atoms with Crippen LogP contribution in [0.4, 0.5) is 11.4 Å². The van der Waals surface area contributed by atoms with Crippen LogP contribution in [0.15, 0.2) is 48.5 Å². The van der Waals surface area contributed by atoms with Gasteiger partial charge in [-0.15, -0.1) is 0 Å². The molecule has 21 heavy (non-hydrogen) atoms. The molecule has 2 aromatic rings. The van der Waals surface area contributed by atoms with Gasteiger partial charge in [-0.05, 0) is 22.5 Å². The number of para-hydroxylation sites is 2. The zero-order valence-corrected chi connectivity index (χ0v) is 16.1. The highest BCUT2D eigenvalue weighted by molar-refractivity contribution is 6.90. The average Bonchev–Trinajstić information content (AvgIpc) is 2.37. The average molecular weight is 314 g/mol. The van der Waals surface area contributed by atoms with Crippen molar-refractivity contribution in [3.05, 3.63) is 48.5 Å². The number of nitrogens with one attached hydrogen (secondary N) is 1. The normalized spacial score (nSPS) is 12.3. The molecule has 0 aromatic heterocycles. The summed E-state index contributed by atoms with van der Waals surface area (Å²) in [5.41, 5.74) is 2.56. The molecule has 1 N–H and O–H groups in total. The summed E-state index contributed by atoms with van der Waals surface area (Å²) in [5.74, 6) is 0. The van der Waals surface area contributed by atoms with Crippen LogP contribution in [-0.2, 0) is 0 Å². The maximum absolute atomic E-state index is 3.72. The molecule has 0 spiro atoms. The zero-order valence-electron chi connectivity index (χ0n) is 14.1. The molecule has 0 saturated heterocycles. The second-order valence-corrected chi connectivity index (χ2v) is 17.8. The molecule has 0 atom stereocenters. The van der Waals surface area contributed by atoms with E-state index in [1.807, 2.05) is 0 Å². The molecule has 0 saturated carbocycles. The van der Waals surface area contributed by atoms with Gasteiger partial charge in [-0.3, -0.25) is 0 Å². The highest BCUT2D eigenvalue weighted by Gasteiger charge is 2.22. The summed E-state index contributed by atoms with van der Waals surface area (Å²) in [5, 5.41) is 6.72. The fourth-order valence-electron chi connectivity index (χ4n) is 2.64. The van der Waals surface area contributed by atoms with E-state index in [2.05, 4.69) is 93.1 Å². The van der Waals surface area contributed by atoms with Crippen molar-refractivity contribution in [3.63, 3.8) is 0 Å². The van der Waals surface area contributed by atoms with Crippen molar-refractivity contribution >= 4 is 37.9 Å². The molecule has 1 nitrogen and oxygen atoms in total. The summed E-state index contributed by atoms with van der Waals surface area (Å²) in [6.45, 7) is 14.4. The predicted octanol–water partition coefficient (Wildman–Crippen LogP) is 4.52. The first-order valence-corrected chi connectivity index (χ1v) is 14.7. The number of hydrogen-bond acceptors (Lipinski definition) is 1. The van der Waals surface area contributed by atoms with E-state index in [0.717, 1.165) is 0 Å². The molecule has 2 rings (SSSR count). The minimum atomic E-state index is -1.35. The van der Waals surface area contributed by atoms with Crippen LogP contribution in [0.1, 0.15) is 0 Å². The van der Waals surface area contributed by atoms with E-state index in [4.69, 9.17) is 0 Å². The first kappa shape index (κ1) is 16.1. The molecule has 0 unspecified atom stereocenters. The number of hydrogen-bond donors (Lipinski definition) is 1. The van der Waals surface area contributed by atoms with E-state index in [0.29, 0.717) is 0 Å². The number of rotatable bonds is 4. The Morgan fingerprint density at radius 3 is 1.24 bits per heavy atom. The molecule has 0 aliphatic heterocycles. The van der Waals surface area contributed by atoms with Crippen LogP contribution in [0.25, 0.3) is 0 Å². The van der Waals surface area contributed by atoms with Crippen molar-refractivity contribution in [2.75, 3.05) is 5.32 Å². The summed E-state index contributed by atoms with van der Waals surface area (Å²) in [6, 6.07) is 17.6. The first-order valence-electron chi connectivity index (χ1n) is 7.65. The van der Waals surface area contributed by atoms with Gasteiger partial charge in [-0.1, -0.05) is 75.7 Å². The van der Waals surface area contributed by atoms with E-state index in [9.17, 15) is 0 Å². The minimum absolute atomic E-state index is 1.28. The summed E-state index contributed by atoms with van der Waals surface area (Å²) in [4.78, 5) is 0. The van der Waals surface area contributed by atoms with Gasteiger partial charge < -0.3 is 5.32 Å². The molecule has 0 heterocycles. The Morgan fingerprint density at radius 2 is 0.905 bits per heavy atom. The Labute approximate surface area is 131 Å². The lowest BCUT2D eigenvalue weighted by Gasteiger charge is -2.25. The molecule has 0 aliphatic carbocycles. The lowest BCUT2D eigenvalue weighted by Crippen LogP contribution is -2.41. The molecule has 0 fully saturated rings. The molecular weight excluding hydrogens is 286 g/mol. The van der Waals surface area contributed by atoms with E-state index in [1.165, 1.54) is 21.7 Å². The van der Waals surface area contributed by atoms with Crippen LogP contribution in [0.5, 0.6) is 0 Å². The topological polar surface area (TPSA) is 12.0 Å². The third kappa shape index (κ3) is 3.86. The Morgan fingerprint density at radius 1 is 0.571 bits per heavy atom. The molecule has 0 bridgehead atoms. The van der Waals surface area contributed by atoms with Gasteiger partial charge in [0, 0.05) is 11.4 Å². The Hall–Kier alpha value is -1.33. The van der Waals surface area contributed by atoms with Crippen LogP contribution < -0.4 is 15.7 Å². The third-order valence-corrected chi connectivity index (χ3v) is 7.84. The van der Waals surface area contributed by atoms with Crippen LogP contribution in [0.3, 0.4) is 0 Å². The molecule has 0 aliphatic rings. The second-order valence-electron chi connectivity index (χ2n) is 7.72. The Bertz CT molecular complexity index is 566. The molecule has 3 heteroatoms. The fraction of sp³-hybridized carbons (Fsp3) is 0.333. The first-order chi connectivity index (χ1) is 9.69. The Balaban J connectivity index is 2.45. The predicted molar refractivity (Wildman–Crippen MR) is 102 cm³/mol. The highest BCUT2D eigenvalue weighted by atomic mass is 28.3. The molecule has 2 aromatic carbocycles. The van der Waals surface area contributed by atoms with Gasteiger partial charge in [0.1, 0.15) is 0 Å². The molecule has 0 radical (unpaired) electrons. The van der Waals surface area contributed by atoms with E-state index in [-0.39, 0.29) is 0 Å². The standard InChI is InChI=1S/C18H27NSi2/c1-20(2,3)17-13-9-7-11-15(17)19-16-12-8-10-14-18(16)21(4,5)6/h7-14,19H,1-6H3. The zero-order chi connectivity index (χ0) is 15.7. The SMILES string of the molecule is C[Si](C)(C)c1ccccc1Nc1ccccc1[Si](C)(C)C. The largest absolute Gasteiger partial charge is 0.356 e. The van der Waals surface area contributed by atoms with E-state index < -0.39 is 16.1 Å². The lowest BCUT2D eigenvalue weighted by molar-refractivity contribution is 1.56. The second kappa shape index (κ2) is 5.81. The molecule has 112 valence electrons. The van der Waals surface area contributed by atoms with E-state index in [1.54, 1.807) is 0 Å². The summed E-state index contributed by atoms with van der Waals surface area (Å²) in [6.07, 6.45) is 0. The van der Waals surface area contributed by atoms with Gasteiger partial charge in [0.15, 0.2) is 0 Å². The molecule has 0 amide bonds. The number of benzene rings is 2. The van der Waals surface area contributed by atoms with Gasteiger partial charge in [0.05, 0.1) is 16.1 Å². The minimum Gasteiger partial charge on any atom is -0.356 e. The van der Waals surface area contributed by atoms with Gasteiger partial charge in [0.25, 0.3) is 0 Å². The van der Waals surface area contributed by atoms with Crippen molar-refractivity contribution < 1.29 is 0 Å². The molecular formula is C18H27NSi2. The monoisotopic (exact) mass is 313 g/mol. The Kier molecular flexibility index (Phi) is 4.44. The maximum Gasteiger partial charge on any atom is 0.0803 e. The highest BCUT2D eigenvalue weighted by Crippen LogP contribution is 2.19. The van der Waals surface area contributed by atoms with Gasteiger partial charge >= 0.3 is 0 Å². The smallest absolute Gasteiger partial charge is 0.0803 e. The quantitative estimate of drug-likeness (QED) is 0.818. The maximum atomic E-state index is 3.72. The van der Waals surface area contributed by atoms with Crippen molar-refractivity contribution in [2.24, 2.45) is 0 Å². The van der Waals surface area contributed by atoms with Crippen molar-refractivity contribution in [1.29, 1.82) is 0 Å². The van der Waals surface area contributed by atoms with Crippen molar-refractivity contribution in [1.82, 2.24) is 0 Å². The summed E-state index contributed by atoms with van der Waals surface area (Å²) in [7, 11) is -2.69. The van der Waals surface area contributed by atoms with Crippen LogP contribution in [0, 0.1) is 0 Å². The van der Waals surface area contributed by atoms with Gasteiger partial charge in [-0.2, -0.15) is 0 Å². The van der Waals surface area contributed by atoms with Crippen LogP contribution >= 0.6 is 0 Å². The van der Waals surface area contributed by atoms with Gasteiger partial charge in [-0.25, -0.2) is 0 Å². The summed E-state index contributed by atoms with van der Waals surface area (Å²) >= 11 is 0. The third-order valence-electron chi connectivity index (χ3n) is 3.74. The van der Waals surface area contributed by atoms with Crippen molar-refractivity contribution in [2.45, 2.75) is 39.3 Å². The van der Waals surface area contributed by atoms with Crippen LogP contribution in [0.2, 0.25) is 39.3 Å². The lowest BCUT2D eigenvalue weighted by atomic mass is 10.2. The van der Waals surface area contributed by atoms with Crippen molar-refractivity contribution in [3.8, 4) is 0 Å². The van der Waals surface area contributed by atoms with Gasteiger partial charge in [0.2, 0.25) is 0 Å². The van der Waals surface area contributed by atoms with Crippen LogP contribution in [-0.4, -0.2) is 16.1 Å².